The fourth-order valence-corrected chi connectivity index (χ4v) is 3.13. The van der Waals surface area contributed by atoms with E-state index in [1.54, 1.807) is 18.2 Å². The van der Waals surface area contributed by atoms with Crippen LogP contribution in [0, 0.1) is 5.82 Å². The van der Waals surface area contributed by atoms with Crippen molar-refractivity contribution in [2.24, 2.45) is 0 Å². The molecule has 3 rings (SSSR count). The molecule has 0 amide bonds. The van der Waals surface area contributed by atoms with Crippen LogP contribution < -0.4 is 4.74 Å². The Labute approximate surface area is 158 Å². The van der Waals surface area contributed by atoms with Crippen LogP contribution in [0.1, 0.15) is 5.56 Å². The van der Waals surface area contributed by atoms with Crippen LogP contribution in [0.2, 0.25) is 0 Å². The van der Waals surface area contributed by atoms with Gasteiger partial charge in [-0.1, -0.05) is 49.1 Å². The molecule has 130 valence electrons. The average Bonchev–Trinajstić information content (AvgIpc) is 2.65. The normalized spacial score (nSPS) is 10.4. The molecule has 1 nitrogen and oxygen atoms in total. The molecule has 0 N–H and O–H groups in total. The zero-order valence-electron chi connectivity index (χ0n) is 14.3. The lowest BCUT2D eigenvalue weighted by molar-refractivity contribution is 0.483. The van der Waals surface area contributed by atoms with Crippen molar-refractivity contribution in [1.29, 1.82) is 0 Å². The molecule has 0 atom stereocenters. The van der Waals surface area contributed by atoms with E-state index < -0.39 is 0 Å². The summed E-state index contributed by atoms with van der Waals surface area (Å²) in [4.78, 5) is 0.726. The van der Waals surface area contributed by atoms with E-state index in [1.165, 1.54) is 17.9 Å². The third kappa shape index (κ3) is 3.89. The summed E-state index contributed by atoms with van der Waals surface area (Å²) >= 11 is 4.58. The molecule has 3 aromatic carbocycles. The predicted molar refractivity (Wildman–Crippen MR) is 109 cm³/mol. The fraction of sp³-hybridized carbons (Fsp3) is 0.0435. The third-order valence-corrected chi connectivity index (χ3v) is 4.49. The number of hydrogen-bond donors (Lipinski definition) is 1. The maximum atomic E-state index is 14.8. The summed E-state index contributed by atoms with van der Waals surface area (Å²) in [5.74, 6) is 0.372. The maximum Gasteiger partial charge on any atom is 0.131 e. The van der Waals surface area contributed by atoms with Gasteiger partial charge < -0.3 is 4.74 Å². The summed E-state index contributed by atoms with van der Waals surface area (Å²) < 4.78 is 20.0. The Morgan fingerprint density at radius 3 is 2.12 bits per heavy atom. The van der Waals surface area contributed by atoms with E-state index in [2.05, 4.69) is 25.8 Å². The molecule has 0 aliphatic carbocycles. The van der Waals surface area contributed by atoms with Gasteiger partial charge >= 0.3 is 0 Å². The van der Waals surface area contributed by atoms with Crippen molar-refractivity contribution < 1.29 is 9.13 Å². The van der Waals surface area contributed by atoms with Crippen molar-refractivity contribution >= 4 is 12.6 Å². The largest absolute Gasteiger partial charge is 0.466 e. The molecule has 0 aliphatic heterocycles. The molecule has 0 aromatic heterocycles. The molecule has 0 saturated heterocycles. The molecule has 26 heavy (non-hydrogen) atoms. The van der Waals surface area contributed by atoms with Crippen molar-refractivity contribution in [3.63, 3.8) is 0 Å². The first-order chi connectivity index (χ1) is 12.6. The zero-order valence-corrected chi connectivity index (χ0v) is 15.2. The molecule has 0 aliphatic rings. The van der Waals surface area contributed by atoms with Crippen molar-refractivity contribution in [2.45, 2.75) is 11.3 Å². The van der Waals surface area contributed by atoms with Crippen molar-refractivity contribution in [3.8, 4) is 28.0 Å². The first kappa shape index (κ1) is 18.0. The van der Waals surface area contributed by atoms with Crippen molar-refractivity contribution in [1.82, 2.24) is 0 Å². The molecule has 0 saturated carbocycles. The monoisotopic (exact) mass is 362 g/mol. The zero-order chi connectivity index (χ0) is 18.5. The van der Waals surface area contributed by atoms with Crippen LogP contribution in [-0.4, -0.2) is 0 Å². The summed E-state index contributed by atoms with van der Waals surface area (Å²) in [7, 11) is 0. The minimum Gasteiger partial charge on any atom is -0.466 e. The number of allylic oxidation sites excluding steroid dienone is 1. The van der Waals surface area contributed by atoms with Crippen LogP contribution in [0.4, 0.5) is 4.39 Å². The first-order valence-electron chi connectivity index (χ1n) is 8.23. The lowest BCUT2D eigenvalue weighted by Gasteiger charge is -2.11. The number of thiol groups is 1. The van der Waals surface area contributed by atoms with Crippen LogP contribution in [0.15, 0.2) is 91.1 Å². The number of rotatable bonds is 6. The smallest absolute Gasteiger partial charge is 0.131 e. The van der Waals surface area contributed by atoms with E-state index in [1.807, 2.05) is 42.5 Å². The Morgan fingerprint density at radius 2 is 1.50 bits per heavy atom. The van der Waals surface area contributed by atoms with Gasteiger partial charge in [0.25, 0.3) is 0 Å². The summed E-state index contributed by atoms with van der Waals surface area (Å²) in [5, 5.41) is 0. The van der Waals surface area contributed by atoms with E-state index in [9.17, 15) is 4.39 Å². The number of hydrogen-bond acceptors (Lipinski definition) is 2. The highest BCUT2D eigenvalue weighted by Gasteiger charge is 2.11. The molecule has 0 radical (unpaired) electrons. The van der Waals surface area contributed by atoms with Gasteiger partial charge in [0.15, 0.2) is 0 Å². The molecule has 0 spiro atoms. The summed E-state index contributed by atoms with van der Waals surface area (Å²) in [5.41, 5.74) is 4.15. The van der Waals surface area contributed by atoms with Crippen LogP contribution in [0.3, 0.4) is 0 Å². The Balaban J connectivity index is 1.95. The minimum atomic E-state index is -0.287. The fourth-order valence-electron chi connectivity index (χ4n) is 2.81. The van der Waals surface area contributed by atoms with Crippen LogP contribution in [-0.2, 0) is 6.42 Å². The van der Waals surface area contributed by atoms with Gasteiger partial charge in [0.1, 0.15) is 11.6 Å². The highest BCUT2D eigenvalue weighted by Crippen LogP contribution is 2.34. The molecule has 0 unspecified atom stereocenters. The number of ether oxygens (including phenoxy) is 1. The standard InChI is InChI=1S/C23H19FOS/c1-3-5-16-6-8-18(9-7-16)21-14-22(24)20(15-23(21)26)17-10-12-19(13-11-17)25-4-2/h3-4,6-15,26H,1-2,5H2. The topological polar surface area (TPSA) is 9.23 Å². The van der Waals surface area contributed by atoms with Gasteiger partial charge in [-0.25, -0.2) is 4.39 Å². The molecule has 0 fully saturated rings. The lowest BCUT2D eigenvalue weighted by atomic mass is 9.98. The van der Waals surface area contributed by atoms with Crippen LogP contribution in [0.25, 0.3) is 22.3 Å². The maximum absolute atomic E-state index is 14.8. The van der Waals surface area contributed by atoms with Gasteiger partial charge in [0.05, 0.1) is 6.26 Å². The van der Waals surface area contributed by atoms with Gasteiger partial charge in [-0.15, -0.1) is 19.2 Å². The van der Waals surface area contributed by atoms with E-state index in [0.29, 0.717) is 11.3 Å². The van der Waals surface area contributed by atoms with Crippen molar-refractivity contribution in [3.05, 3.63) is 97.5 Å². The predicted octanol–water partition coefficient (Wildman–Crippen LogP) is 6.70. The SMILES string of the molecule is C=CCc1ccc(-c2cc(F)c(-c3ccc(OC=C)cc3)cc2S)cc1. The molecular weight excluding hydrogens is 343 g/mol. The number of benzene rings is 3. The second-order valence-corrected chi connectivity index (χ2v) is 6.33. The molecular formula is C23H19FOS. The van der Waals surface area contributed by atoms with Gasteiger partial charge in [0.2, 0.25) is 0 Å². The third-order valence-electron chi connectivity index (χ3n) is 4.12. The lowest BCUT2D eigenvalue weighted by Crippen LogP contribution is -1.90. The second kappa shape index (κ2) is 8.07. The quantitative estimate of drug-likeness (QED) is 0.292. The van der Waals surface area contributed by atoms with Gasteiger partial charge in [-0.3, -0.25) is 0 Å². The molecule has 3 aromatic rings. The van der Waals surface area contributed by atoms with E-state index in [-0.39, 0.29) is 5.82 Å². The van der Waals surface area contributed by atoms with E-state index in [0.717, 1.165) is 28.0 Å². The Hall–Kier alpha value is -2.78. The van der Waals surface area contributed by atoms with Gasteiger partial charge in [0, 0.05) is 10.5 Å². The minimum absolute atomic E-state index is 0.287. The van der Waals surface area contributed by atoms with Crippen LogP contribution >= 0.6 is 12.6 Å². The molecule has 0 heterocycles. The Morgan fingerprint density at radius 1 is 0.885 bits per heavy atom. The Bertz CT molecular complexity index is 848. The van der Waals surface area contributed by atoms with Crippen LogP contribution in [0.5, 0.6) is 5.75 Å². The average molecular weight is 362 g/mol. The summed E-state index contributed by atoms with van der Waals surface area (Å²) in [6.45, 7) is 7.26. The highest BCUT2D eigenvalue weighted by atomic mass is 32.1. The molecule has 3 heteroatoms. The Kier molecular flexibility index (Phi) is 5.59. The summed E-state index contributed by atoms with van der Waals surface area (Å²) in [6.07, 6.45) is 4.03. The van der Waals surface area contributed by atoms with Gasteiger partial charge in [-0.05, 0) is 52.9 Å². The van der Waals surface area contributed by atoms with Crippen molar-refractivity contribution in [2.75, 3.05) is 0 Å². The van der Waals surface area contributed by atoms with E-state index >= 15 is 0 Å². The van der Waals surface area contributed by atoms with E-state index in [4.69, 9.17) is 4.74 Å². The first-order valence-corrected chi connectivity index (χ1v) is 8.68. The summed E-state index contributed by atoms with van der Waals surface area (Å²) in [6, 6.07) is 18.5. The van der Waals surface area contributed by atoms with Gasteiger partial charge in [-0.2, -0.15) is 0 Å². The number of halogens is 1. The molecule has 0 bridgehead atoms. The highest BCUT2D eigenvalue weighted by molar-refractivity contribution is 7.80. The second-order valence-electron chi connectivity index (χ2n) is 5.85.